The van der Waals surface area contributed by atoms with Gasteiger partial charge in [0, 0.05) is 5.41 Å². The molecule has 0 radical (unpaired) electrons. The third-order valence-corrected chi connectivity index (χ3v) is 10.8. The van der Waals surface area contributed by atoms with Crippen LogP contribution in [0.4, 0.5) is 0 Å². The van der Waals surface area contributed by atoms with Gasteiger partial charge in [0.1, 0.15) is 8.07 Å². The smallest absolute Gasteiger partial charge is 0.0623 e. The molecule has 1 heterocycles. The fourth-order valence-corrected chi connectivity index (χ4v) is 8.81. The second-order valence-corrected chi connectivity index (χ2v) is 13.8. The number of rotatable bonds is 0. The average molecular weight is 377 g/mol. The molecule has 0 fully saturated rings. The SMILES string of the molecule is CC1(C)c2ccccc2-c2c1ccc1cc3c(cc21)-c1ccccc1[Si]3(C)C. The minimum absolute atomic E-state index is 0.0606. The van der Waals surface area contributed by atoms with Crippen molar-refractivity contribution < 1.29 is 0 Å². The number of fused-ring (bicyclic) bond motifs is 8. The van der Waals surface area contributed by atoms with Crippen LogP contribution in [0, 0.1) is 0 Å². The van der Waals surface area contributed by atoms with Crippen molar-refractivity contribution in [3.8, 4) is 22.3 Å². The van der Waals surface area contributed by atoms with Gasteiger partial charge in [-0.05, 0) is 60.6 Å². The summed E-state index contributed by atoms with van der Waals surface area (Å²) < 4.78 is 0. The molecule has 0 bridgehead atoms. The maximum atomic E-state index is 2.51. The van der Waals surface area contributed by atoms with Crippen molar-refractivity contribution in [2.24, 2.45) is 0 Å². The lowest BCUT2D eigenvalue weighted by atomic mass is 9.82. The summed E-state index contributed by atoms with van der Waals surface area (Å²) in [5, 5.41) is 5.97. The first kappa shape index (κ1) is 16.3. The lowest BCUT2D eigenvalue weighted by molar-refractivity contribution is 0.661. The van der Waals surface area contributed by atoms with Crippen molar-refractivity contribution in [3.63, 3.8) is 0 Å². The molecule has 28 heavy (non-hydrogen) atoms. The van der Waals surface area contributed by atoms with Gasteiger partial charge in [0.15, 0.2) is 0 Å². The molecule has 1 aliphatic heterocycles. The van der Waals surface area contributed by atoms with E-state index in [2.05, 4.69) is 99.7 Å². The molecule has 1 aliphatic carbocycles. The maximum Gasteiger partial charge on any atom is 0.113 e. The minimum Gasteiger partial charge on any atom is -0.0623 e. The van der Waals surface area contributed by atoms with Gasteiger partial charge in [-0.3, -0.25) is 0 Å². The highest BCUT2D eigenvalue weighted by Crippen LogP contribution is 2.51. The summed E-state index contributed by atoms with van der Waals surface area (Å²) >= 11 is 0. The topological polar surface area (TPSA) is 0 Å². The summed E-state index contributed by atoms with van der Waals surface area (Å²) in [5.41, 5.74) is 8.76. The summed E-state index contributed by atoms with van der Waals surface area (Å²) in [6, 6.07) is 27.8. The molecule has 0 spiro atoms. The van der Waals surface area contributed by atoms with Crippen molar-refractivity contribution in [1.29, 1.82) is 0 Å². The van der Waals surface area contributed by atoms with Crippen LogP contribution in [0.25, 0.3) is 33.0 Å². The standard InChI is InChI=1S/C27H24Si/c1-27(2)22-11-7-5-10-19(22)26-20-16-21-18-9-6-8-12-24(18)28(3,4)25(21)15-17(20)13-14-23(26)27/h5-16H,1-4H3. The first-order valence-corrected chi connectivity index (χ1v) is 13.2. The van der Waals surface area contributed by atoms with Crippen LogP contribution in [-0.2, 0) is 5.41 Å². The first-order chi connectivity index (χ1) is 13.4. The molecule has 0 nitrogen and oxygen atoms in total. The average Bonchev–Trinajstić information content (AvgIpc) is 3.07. The monoisotopic (exact) mass is 376 g/mol. The Labute approximate surface area is 167 Å². The van der Waals surface area contributed by atoms with E-state index in [-0.39, 0.29) is 5.41 Å². The minimum atomic E-state index is -1.62. The van der Waals surface area contributed by atoms with Crippen LogP contribution in [0.3, 0.4) is 0 Å². The molecular weight excluding hydrogens is 352 g/mol. The van der Waals surface area contributed by atoms with Gasteiger partial charge in [0.2, 0.25) is 0 Å². The summed E-state index contributed by atoms with van der Waals surface area (Å²) in [6.45, 7) is 9.72. The van der Waals surface area contributed by atoms with Crippen molar-refractivity contribution in [2.75, 3.05) is 0 Å². The maximum absolute atomic E-state index is 2.51. The Balaban J connectivity index is 1.75. The van der Waals surface area contributed by atoms with E-state index in [1.54, 1.807) is 10.4 Å². The second-order valence-electron chi connectivity index (χ2n) is 9.45. The lowest BCUT2D eigenvalue weighted by Gasteiger charge is -2.22. The molecule has 0 atom stereocenters. The Kier molecular flexibility index (Phi) is 2.94. The Bertz CT molecular complexity index is 1300. The van der Waals surface area contributed by atoms with Gasteiger partial charge in [-0.15, -0.1) is 0 Å². The van der Waals surface area contributed by atoms with Gasteiger partial charge in [-0.2, -0.15) is 0 Å². The second kappa shape index (κ2) is 5.04. The summed E-state index contributed by atoms with van der Waals surface area (Å²) in [6.07, 6.45) is 0. The van der Waals surface area contributed by atoms with Crippen LogP contribution in [0.15, 0.2) is 72.8 Å². The van der Waals surface area contributed by atoms with E-state index in [1.165, 1.54) is 44.2 Å². The molecule has 0 unspecified atom stereocenters. The highest BCUT2D eigenvalue weighted by Gasteiger charge is 2.39. The highest BCUT2D eigenvalue weighted by molar-refractivity contribution is 7.03. The Morgan fingerprint density at radius 3 is 2.18 bits per heavy atom. The molecule has 4 aromatic carbocycles. The molecule has 136 valence electrons. The van der Waals surface area contributed by atoms with Crippen LogP contribution in [0.5, 0.6) is 0 Å². The van der Waals surface area contributed by atoms with Crippen molar-refractivity contribution >= 4 is 29.2 Å². The fraction of sp³-hybridized carbons (Fsp3) is 0.185. The number of hydrogen-bond acceptors (Lipinski definition) is 0. The summed E-state index contributed by atoms with van der Waals surface area (Å²) in [7, 11) is -1.62. The number of benzene rings is 4. The molecule has 1 heteroatoms. The van der Waals surface area contributed by atoms with Crippen LogP contribution < -0.4 is 10.4 Å². The zero-order valence-electron chi connectivity index (χ0n) is 16.9. The molecule has 6 rings (SSSR count). The van der Waals surface area contributed by atoms with E-state index in [4.69, 9.17) is 0 Å². The molecule has 4 aromatic rings. The largest absolute Gasteiger partial charge is 0.113 e. The number of hydrogen-bond donors (Lipinski definition) is 0. The summed E-state index contributed by atoms with van der Waals surface area (Å²) in [4.78, 5) is 0. The van der Waals surface area contributed by atoms with Crippen LogP contribution in [0.2, 0.25) is 13.1 Å². The lowest BCUT2D eigenvalue weighted by Crippen LogP contribution is -2.49. The van der Waals surface area contributed by atoms with Crippen LogP contribution in [-0.4, -0.2) is 8.07 Å². The van der Waals surface area contributed by atoms with Crippen molar-refractivity contribution in [2.45, 2.75) is 32.4 Å². The van der Waals surface area contributed by atoms with Crippen molar-refractivity contribution in [1.82, 2.24) is 0 Å². The zero-order valence-corrected chi connectivity index (χ0v) is 17.9. The molecule has 0 saturated heterocycles. The first-order valence-electron chi connectivity index (χ1n) is 10.2. The highest BCUT2D eigenvalue weighted by atomic mass is 28.3. The van der Waals surface area contributed by atoms with E-state index < -0.39 is 8.07 Å². The third-order valence-electron chi connectivity index (χ3n) is 7.26. The Hall–Kier alpha value is -2.64. The summed E-state index contributed by atoms with van der Waals surface area (Å²) in [5.74, 6) is 0. The Morgan fingerprint density at radius 2 is 1.36 bits per heavy atom. The quantitative estimate of drug-likeness (QED) is 0.333. The van der Waals surface area contributed by atoms with Gasteiger partial charge >= 0.3 is 0 Å². The van der Waals surface area contributed by atoms with E-state index in [1.807, 2.05) is 0 Å². The zero-order chi connectivity index (χ0) is 19.3. The molecule has 0 amide bonds. The van der Waals surface area contributed by atoms with Gasteiger partial charge in [0.05, 0.1) is 0 Å². The fourth-order valence-electron chi connectivity index (χ4n) is 5.72. The van der Waals surface area contributed by atoms with E-state index >= 15 is 0 Å². The molecular formula is C27H24Si. The van der Waals surface area contributed by atoms with Crippen molar-refractivity contribution in [3.05, 3.63) is 83.9 Å². The van der Waals surface area contributed by atoms with Crippen LogP contribution >= 0.6 is 0 Å². The molecule has 2 aliphatic rings. The molecule has 0 saturated carbocycles. The molecule has 0 aromatic heterocycles. The van der Waals surface area contributed by atoms with E-state index in [0.29, 0.717) is 0 Å². The predicted molar refractivity (Wildman–Crippen MR) is 124 cm³/mol. The van der Waals surface area contributed by atoms with Gasteiger partial charge in [-0.1, -0.05) is 93.7 Å². The molecule has 0 N–H and O–H groups in total. The van der Waals surface area contributed by atoms with Gasteiger partial charge in [0.25, 0.3) is 0 Å². The van der Waals surface area contributed by atoms with Crippen LogP contribution in [0.1, 0.15) is 25.0 Å². The third kappa shape index (κ3) is 1.81. The van der Waals surface area contributed by atoms with Gasteiger partial charge in [-0.25, -0.2) is 0 Å². The van der Waals surface area contributed by atoms with E-state index in [9.17, 15) is 0 Å². The normalized spacial score (nSPS) is 17.1. The van der Waals surface area contributed by atoms with Gasteiger partial charge < -0.3 is 0 Å². The van der Waals surface area contributed by atoms with E-state index in [0.717, 1.165) is 0 Å². The predicted octanol–water partition coefficient (Wildman–Crippen LogP) is 5.95. The Morgan fingerprint density at radius 1 is 0.643 bits per heavy atom.